The maximum absolute atomic E-state index is 12.6. The van der Waals surface area contributed by atoms with E-state index < -0.39 is 10.0 Å². The van der Waals surface area contributed by atoms with Crippen LogP contribution < -0.4 is 14.8 Å². The highest BCUT2D eigenvalue weighted by Gasteiger charge is 2.15. The maximum atomic E-state index is 12.6. The lowest BCUT2D eigenvalue weighted by molar-refractivity contribution is -0.118. The second-order valence-electron chi connectivity index (χ2n) is 6.75. The van der Waals surface area contributed by atoms with E-state index in [-0.39, 0.29) is 17.4 Å². The molecule has 0 saturated carbocycles. The summed E-state index contributed by atoms with van der Waals surface area (Å²) in [5.74, 6) is 0.258. The minimum Gasteiger partial charge on any atom is -0.484 e. The van der Waals surface area contributed by atoms with Crippen LogP contribution in [0.4, 0.5) is 11.4 Å². The summed E-state index contributed by atoms with van der Waals surface area (Å²) in [7, 11) is -3.78. The lowest BCUT2D eigenvalue weighted by Crippen LogP contribution is -2.20. The number of hydrogen-bond donors (Lipinski definition) is 2. The standard InChI is InChI=1S/C22H21ClN2O4S/c1-15-4-3-5-19(12-15)29-14-22(26)24-17-8-10-20(11-9-17)30(27,28)25-18-7-6-16(2)21(23)13-18/h3-13,25H,14H2,1-2H3,(H,24,26). The van der Waals surface area contributed by atoms with Crippen LogP contribution in [0.1, 0.15) is 11.1 Å². The van der Waals surface area contributed by atoms with E-state index in [1.54, 1.807) is 24.3 Å². The predicted octanol–water partition coefficient (Wildman–Crippen LogP) is 4.78. The van der Waals surface area contributed by atoms with Gasteiger partial charge in [-0.2, -0.15) is 0 Å². The van der Waals surface area contributed by atoms with Gasteiger partial charge < -0.3 is 10.1 Å². The van der Waals surface area contributed by atoms with Crippen molar-refractivity contribution < 1.29 is 17.9 Å². The molecule has 0 aromatic heterocycles. The van der Waals surface area contributed by atoms with E-state index in [1.165, 1.54) is 24.3 Å². The summed E-state index contributed by atoms with van der Waals surface area (Å²) in [6.45, 7) is 3.61. The number of hydrogen-bond acceptors (Lipinski definition) is 4. The molecule has 0 radical (unpaired) electrons. The van der Waals surface area contributed by atoms with Gasteiger partial charge in [-0.25, -0.2) is 8.42 Å². The Labute approximate surface area is 180 Å². The molecule has 30 heavy (non-hydrogen) atoms. The number of carbonyl (C=O) groups excluding carboxylic acids is 1. The Hall–Kier alpha value is -3.03. The Morgan fingerprint density at radius 1 is 0.967 bits per heavy atom. The second-order valence-corrected chi connectivity index (χ2v) is 8.84. The molecule has 0 aliphatic heterocycles. The maximum Gasteiger partial charge on any atom is 0.262 e. The van der Waals surface area contributed by atoms with Gasteiger partial charge in [0.1, 0.15) is 5.75 Å². The second kappa shape index (κ2) is 9.19. The summed E-state index contributed by atoms with van der Waals surface area (Å²) < 4.78 is 33.1. The van der Waals surface area contributed by atoms with Crippen LogP contribution in [0.25, 0.3) is 0 Å². The normalized spacial score (nSPS) is 11.0. The number of halogens is 1. The quantitative estimate of drug-likeness (QED) is 0.549. The van der Waals surface area contributed by atoms with Crippen molar-refractivity contribution in [3.05, 3.63) is 82.9 Å². The van der Waals surface area contributed by atoms with Gasteiger partial charge in [0.25, 0.3) is 15.9 Å². The number of benzene rings is 3. The first-order valence-corrected chi connectivity index (χ1v) is 11.0. The third-order valence-electron chi connectivity index (χ3n) is 4.23. The molecule has 8 heteroatoms. The molecule has 2 N–H and O–H groups in total. The molecule has 3 rings (SSSR count). The molecule has 3 aromatic rings. The zero-order valence-corrected chi connectivity index (χ0v) is 18.0. The molecule has 0 heterocycles. The largest absolute Gasteiger partial charge is 0.484 e. The Balaban J connectivity index is 1.60. The minimum atomic E-state index is -3.78. The van der Waals surface area contributed by atoms with Gasteiger partial charge in [0.05, 0.1) is 10.6 Å². The molecule has 0 spiro atoms. The highest BCUT2D eigenvalue weighted by Crippen LogP contribution is 2.23. The van der Waals surface area contributed by atoms with Crippen molar-refractivity contribution >= 4 is 38.9 Å². The van der Waals surface area contributed by atoms with Gasteiger partial charge in [0.15, 0.2) is 6.61 Å². The summed E-state index contributed by atoms with van der Waals surface area (Å²) in [6.07, 6.45) is 0. The summed E-state index contributed by atoms with van der Waals surface area (Å²) in [4.78, 5) is 12.1. The van der Waals surface area contributed by atoms with Crippen LogP contribution >= 0.6 is 11.6 Å². The first-order chi connectivity index (χ1) is 14.2. The van der Waals surface area contributed by atoms with Crippen LogP contribution in [0.2, 0.25) is 5.02 Å². The molecule has 0 aliphatic carbocycles. The van der Waals surface area contributed by atoms with E-state index >= 15 is 0 Å². The predicted molar refractivity (Wildman–Crippen MR) is 119 cm³/mol. The van der Waals surface area contributed by atoms with Gasteiger partial charge in [-0.05, 0) is 73.5 Å². The van der Waals surface area contributed by atoms with E-state index in [0.29, 0.717) is 22.1 Å². The summed E-state index contributed by atoms with van der Waals surface area (Å²) in [5, 5.41) is 3.15. The molecule has 3 aromatic carbocycles. The Morgan fingerprint density at radius 3 is 2.33 bits per heavy atom. The lowest BCUT2D eigenvalue weighted by atomic mass is 10.2. The lowest BCUT2D eigenvalue weighted by Gasteiger charge is -2.11. The third kappa shape index (κ3) is 5.75. The molecule has 0 bridgehead atoms. The number of ether oxygens (including phenoxy) is 1. The molecule has 0 saturated heterocycles. The highest BCUT2D eigenvalue weighted by molar-refractivity contribution is 7.92. The average molecular weight is 445 g/mol. The molecular weight excluding hydrogens is 424 g/mol. The number of amides is 1. The molecule has 0 atom stereocenters. The van der Waals surface area contributed by atoms with Crippen molar-refractivity contribution in [1.29, 1.82) is 0 Å². The van der Waals surface area contributed by atoms with Crippen LogP contribution in [0.3, 0.4) is 0 Å². The fraction of sp³-hybridized carbons (Fsp3) is 0.136. The summed E-state index contributed by atoms with van der Waals surface area (Å²) >= 11 is 6.05. The number of rotatable bonds is 7. The molecule has 0 unspecified atom stereocenters. The highest BCUT2D eigenvalue weighted by atomic mass is 35.5. The van der Waals surface area contributed by atoms with Crippen LogP contribution in [-0.2, 0) is 14.8 Å². The molecule has 0 fully saturated rings. The van der Waals surface area contributed by atoms with Crippen molar-refractivity contribution in [3.63, 3.8) is 0 Å². The van der Waals surface area contributed by atoms with E-state index in [0.717, 1.165) is 11.1 Å². The molecule has 0 aliphatic rings. The van der Waals surface area contributed by atoms with Crippen molar-refractivity contribution in [2.24, 2.45) is 0 Å². The van der Waals surface area contributed by atoms with E-state index in [2.05, 4.69) is 10.0 Å². The topological polar surface area (TPSA) is 84.5 Å². The van der Waals surface area contributed by atoms with E-state index in [9.17, 15) is 13.2 Å². The minimum absolute atomic E-state index is 0.0632. The third-order valence-corrected chi connectivity index (χ3v) is 6.04. The van der Waals surface area contributed by atoms with Crippen molar-refractivity contribution in [3.8, 4) is 5.75 Å². The van der Waals surface area contributed by atoms with Gasteiger partial charge in [0.2, 0.25) is 0 Å². The van der Waals surface area contributed by atoms with E-state index in [1.807, 2.05) is 32.0 Å². The van der Waals surface area contributed by atoms with Gasteiger partial charge in [0, 0.05) is 10.7 Å². The molecular formula is C22H21ClN2O4S. The molecule has 156 valence electrons. The Bertz CT molecular complexity index is 1160. The van der Waals surface area contributed by atoms with Gasteiger partial charge in [-0.3, -0.25) is 9.52 Å². The Morgan fingerprint density at radius 2 is 1.67 bits per heavy atom. The fourth-order valence-electron chi connectivity index (χ4n) is 2.64. The van der Waals surface area contributed by atoms with Crippen LogP contribution in [0, 0.1) is 13.8 Å². The van der Waals surface area contributed by atoms with Crippen LogP contribution in [0.5, 0.6) is 5.75 Å². The van der Waals surface area contributed by atoms with Crippen molar-refractivity contribution in [1.82, 2.24) is 0 Å². The molecule has 1 amide bonds. The smallest absolute Gasteiger partial charge is 0.262 e. The first kappa shape index (κ1) is 21.7. The number of nitrogens with one attached hydrogen (secondary N) is 2. The number of sulfonamides is 1. The zero-order valence-electron chi connectivity index (χ0n) is 16.5. The number of carbonyl (C=O) groups is 1. The van der Waals surface area contributed by atoms with E-state index in [4.69, 9.17) is 16.3 Å². The summed E-state index contributed by atoms with van der Waals surface area (Å²) in [6, 6.07) is 18.2. The zero-order chi connectivity index (χ0) is 21.7. The number of anilines is 2. The number of aryl methyl sites for hydroxylation is 2. The monoisotopic (exact) mass is 444 g/mol. The SMILES string of the molecule is Cc1cccc(OCC(=O)Nc2ccc(S(=O)(=O)Nc3ccc(C)c(Cl)c3)cc2)c1. The Kier molecular flexibility index (Phi) is 6.64. The van der Waals surface area contributed by atoms with Crippen molar-refractivity contribution in [2.45, 2.75) is 18.7 Å². The van der Waals surface area contributed by atoms with Gasteiger partial charge >= 0.3 is 0 Å². The fourth-order valence-corrected chi connectivity index (χ4v) is 3.87. The summed E-state index contributed by atoms with van der Waals surface area (Å²) in [5.41, 5.74) is 2.72. The average Bonchev–Trinajstić information content (AvgIpc) is 2.69. The van der Waals surface area contributed by atoms with Crippen LogP contribution in [-0.4, -0.2) is 20.9 Å². The van der Waals surface area contributed by atoms with Crippen molar-refractivity contribution in [2.75, 3.05) is 16.6 Å². The van der Waals surface area contributed by atoms with Gasteiger partial charge in [-0.1, -0.05) is 29.8 Å². The van der Waals surface area contributed by atoms with Crippen LogP contribution in [0.15, 0.2) is 71.6 Å². The van der Waals surface area contributed by atoms with Gasteiger partial charge in [-0.15, -0.1) is 0 Å². The molecule has 6 nitrogen and oxygen atoms in total. The first-order valence-electron chi connectivity index (χ1n) is 9.11.